The van der Waals surface area contributed by atoms with Crippen LogP contribution >= 0.6 is 0 Å². The van der Waals surface area contributed by atoms with Gasteiger partial charge in [0, 0.05) is 31.5 Å². The van der Waals surface area contributed by atoms with E-state index in [0.29, 0.717) is 37.6 Å². The number of likely N-dealkylation sites (tertiary alicyclic amines) is 1. The summed E-state index contributed by atoms with van der Waals surface area (Å²) in [6.45, 7) is 1.39. The molecule has 0 radical (unpaired) electrons. The molecule has 0 saturated carbocycles. The van der Waals surface area contributed by atoms with E-state index >= 15 is 0 Å². The highest BCUT2D eigenvalue weighted by Gasteiger charge is 2.31. The van der Waals surface area contributed by atoms with Crippen LogP contribution in [0.1, 0.15) is 57.7 Å². The SMILES string of the molecule is Cc1nc(C2CCN(C(=O)c3cc(C#N)c(-c4ccc(C(F)(F)F)cc4)nc3CF)CC2)no1. The van der Waals surface area contributed by atoms with Crippen molar-refractivity contribution < 1.29 is 26.9 Å². The number of alkyl halides is 4. The van der Waals surface area contributed by atoms with Gasteiger partial charge >= 0.3 is 6.18 Å². The summed E-state index contributed by atoms with van der Waals surface area (Å²) in [4.78, 5) is 23.1. The minimum Gasteiger partial charge on any atom is -0.340 e. The fourth-order valence-electron chi connectivity index (χ4n) is 3.95. The fourth-order valence-corrected chi connectivity index (χ4v) is 3.95. The zero-order valence-corrected chi connectivity index (χ0v) is 18.1. The number of aromatic nitrogens is 3. The Morgan fingerprint density at radius 3 is 2.41 bits per heavy atom. The third-order valence-corrected chi connectivity index (χ3v) is 5.76. The molecule has 4 rings (SSSR count). The van der Waals surface area contributed by atoms with Crippen molar-refractivity contribution >= 4 is 5.91 Å². The summed E-state index contributed by atoms with van der Waals surface area (Å²) < 4.78 is 57.4. The van der Waals surface area contributed by atoms with Crippen LogP contribution in [0.3, 0.4) is 0 Å². The van der Waals surface area contributed by atoms with Crippen LogP contribution in [0.4, 0.5) is 17.6 Å². The lowest BCUT2D eigenvalue weighted by molar-refractivity contribution is -0.137. The first kappa shape index (κ1) is 23.4. The summed E-state index contributed by atoms with van der Waals surface area (Å²) in [6, 6.07) is 7.23. The molecule has 1 aliphatic heterocycles. The molecule has 3 heterocycles. The lowest BCUT2D eigenvalue weighted by Gasteiger charge is -2.31. The van der Waals surface area contributed by atoms with Crippen molar-refractivity contribution in [2.75, 3.05) is 13.1 Å². The van der Waals surface area contributed by atoms with Crippen LogP contribution in [-0.2, 0) is 12.9 Å². The van der Waals surface area contributed by atoms with Crippen LogP contribution in [0.25, 0.3) is 11.3 Å². The van der Waals surface area contributed by atoms with E-state index < -0.39 is 24.3 Å². The van der Waals surface area contributed by atoms with E-state index in [1.165, 1.54) is 18.2 Å². The first-order chi connectivity index (χ1) is 16.2. The lowest BCUT2D eigenvalue weighted by atomic mass is 9.95. The van der Waals surface area contributed by atoms with Crippen molar-refractivity contribution in [2.45, 2.75) is 38.5 Å². The molecule has 1 fully saturated rings. The Hall–Kier alpha value is -3.81. The number of aryl methyl sites for hydroxylation is 1. The van der Waals surface area contributed by atoms with Gasteiger partial charge in [-0.05, 0) is 31.0 Å². The van der Waals surface area contributed by atoms with Gasteiger partial charge in [0.1, 0.15) is 12.7 Å². The molecule has 0 N–H and O–H groups in total. The van der Waals surface area contributed by atoms with Crippen molar-refractivity contribution in [3.63, 3.8) is 0 Å². The number of nitrogens with zero attached hydrogens (tertiary/aromatic N) is 5. The molecule has 34 heavy (non-hydrogen) atoms. The number of hydrogen-bond acceptors (Lipinski definition) is 6. The minimum absolute atomic E-state index is 0.0200. The maximum Gasteiger partial charge on any atom is 0.416 e. The molecule has 2 aromatic heterocycles. The van der Waals surface area contributed by atoms with Crippen molar-refractivity contribution in [3.05, 3.63) is 64.4 Å². The van der Waals surface area contributed by atoms with Gasteiger partial charge in [-0.2, -0.15) is 23.4 Å². The van der Waals surface area contributed by atoms with Gasteiger partial charge in [0.25, 0.3) is 5.91 Å². The van der Waals surface area contributed by atoms with E-state index in [-0.39, 0.29) is 34.0 Å². The van der Waals surface area contributed by atoms with Gasteiger partial charge in [0.2, 0.25) is 5.89 Å². The van der Waals surface area contributed by atoms with Crippen LogP contribution in [0, 0.1) is 18.3 Å². The number of hydrogen-bond donors (Lipinski definition) is 0. The van der Waals surface area contributed by atoms with Crippen LogP contribution in [-0.4, -0.2) is 39.0 Å². The highest BCUT2D eigenvalue weighted by molar-refractivity contribution is 5.96. The lowest BCUT2D eigenvalue weighted by Crippen LogP contribution is -2.38. The summed E-state index contributed by atoms with van der Waals surface area (Å²) in [5, 5.41) is 13.5. The van der Waals surface area contributed by atoms with E-state index in [2.05, 4.69) is 15.1 Å². The Labute approximate surface area is 192 Å². The number of benzene rings is 1. The van der Waals surface area contributed by atoms with Crippen molar-refractivity contribution in [2.24, 2.45) is 0 Å². The van der Waals surface area contributed by atoms with Gasteiger partial charge in [0.15, 0.2) is 5.82 Å². The van der Waals surface area contributed by atoms with E-state index in [9.17, 15) is 27.6 Å². The van der Waals surface area contributed by atoms with Crippen LogP contribution in [0.5, 0.6) is 0 Å². The molecule has 0 spiro atoms. The average molecular weight is 473 g/mol. The predicted octanol–water partition coefficient (Wildman–Crippen LogP) is 4.82. The molecule has 3 aromatic rings. The normalized spacial score (nSPS) is 14.8. The molecule has 0 bridgehead atoms. The van der Waals surface area contributed by atoms with Gasteiger partial charge in [-0.25, -0.2) is 9.37 Å². The molecular formula is C23H19F4N5O2. The quantitative estimate of drug-likeness (QED) is 0.504. The first-order valence-electron chi connectivity index (χ1n) is 10.5. The minimum atomic E-state index is -4.51. The Morgan fingerprint density at radius 1 is 1.21 bits per heavy atom. The Morgan fingerprint density at radius 2 is 1.88 bits per heavy atom. The van der Waals surface area contributed by atoms with Gasteiger partial charge < -0.3 is 9.42 Å². The van der Waals surface area contributed by atoms with E-state index in [1.54, 1.807) is 11.8 Å². The number of amides is 1. The first-order valence-corrected chi connectivity index (χ1v) is 10.5. The summed E-state index contributed by atoms with van der Waals surface area (Å²) in [5.41, 5.74) is -0.858. The maximum absolute atomic E-state index is 13.9. The number of nitriles is 1. The number of rotatable bonds is 4. The molecule has 1 saturated heterocycles. The molecule has 1 aromatic carbocycles. The molecule has 1 amide bonds. The summed E-state index contributed by atoms with van der Waals surface area (Å²) >= 11 is 0. The molecular weight excluding hydrogens is 454 g/mol. The van der Waals surface area contributed by atoms with Crippen LogP contribution < -0.4 is 0 Å². The Balaban J connectivity index is 1.58. The molecule has 0 atom stereocenters. The van der Waals surface area contributed by atoms with Crippen molar-refractivity contribution in [1.29, 1.82) is 5.26 Å². The van der Waals surface area contributed by atoms with Gasteiger partial charge in [-0.15, -0.1) is 0 Å². The van der Waals surface area contributed by atoms with E-state index in [4.69, 9.17) is 4.52 Å². The monoisotopic (exact) mass is 473 g/mol. The second kappa shape index (κ2) is 9.21. The predicted molar refractivity (Wildman–Crippen MR) is 111 cm³/mol. The smallest absolute Gasteiger partial charge is 0.340 e. The van der Waals surface area contributed by atoms with E-state index in [1.807, 2.05) is 6.07 Å². The zero-order valence-electron chi connectivity index (χ0n) is 18.1. The maximum atomic E-state index is 13.9. The second-order valence-electron chi connectivity index (χ2n) is 7.94. The highest BCUT2D eigenvalue weighted by Crippen LogP contribution is 2.32. The molecule has 11 heteroatoms. The van der Waals surface area contributed by atoms with E-state index in [0.717, 1.165) is 12.1 Å². The Kier molecular flexibility index (Phi) is 6.32. The molecule has 7 nitrogen and oxygen atoms in total. The zero-order chi connectivity index (χ0) is 24.5. The summed E-state index contributed by atoms with van der Waals surface area (Å²) in [7, 11) is 0. The highest BCUT2D eigenvalue weighted by atomic mass is 19.4. The largest absolute Gasteiger partial charge is 0.416 e. The van der Waals surface area contributed by atoms with Gasteiger partial charge in [0.05, 0.1) is 28.1 Å². The number of carbonyl (C=O) groups is 1. The van der Waals surface area contributed by atoms with Gasteiger partial charge in [-0.1, -0.05) is 17.3 Å². The average Bonchev–Trinajstić information content (AvgIpc) is 3.28. The summed E-state index contributed by atoms with van der Waals surface area (Å²) in [6.07, 6.45) is -3.32. The number of carbonyl (C=O) groups excluding carboxylic acids is 1. The van der Waals surface area contributed by atoms with Crippen LogP contribution in [0.15, 0.2) is 34.9 Å². The fraction of sp³-hybridized carbons (Fsp3) is 0.348. The standard InChI is InChI=1S/C23H19F4N5O2/c1-13-29-21(31-34-13)15-6-8-32(9-7-15)22(33)18-10-16(12-28)20(30-19(18)11-24)14-2-4-17(5-3-14)23(25,26)27/h2-5,10,15H,6-9,11H2,1H3. The number of halogens is 4. The number of piperidine rings is 1. The molecule has 1 aliphatic rings. The number of pyridine rings is 1. The van der Waals surface area contributed by atoms with Gasteiger partial charge in [-0.3, -0.25) is 4.79 Å². The third kappa shape index (κ3) is 4.62. The van der Waals surface area contributed by atoms with Crippen molar-refractivity contribution in [1.82, 2.24) is 20.0 Å². The topological polar surface area (TPSA) is 95.9 Å². The third-order valence-electron chi connectivity index (χ3n) is 5.76. The molecule has 0 unspecified atom stereocenters. The Bertz CT molecular complexity index is 1240. The second-order valence-corrected chi connectivity index (χ2v) is 7.94. The van der Waals surface area contributed by atoms with Crippen molar-refractivity contribution in [3.8, 4) is 17.3 Å². The summed E-state index contributed by atoms with van der Waals surface area (Å²) in [5.74, 6) is 0.628. The molecule has 0 aliphatic carbocycles. The van der Waals surface area contributed by atoms with Crippen LogP contribution in [0.2, 0.25) is 0 Å². The molecule has 176 valence electrons.